The summed E-state index contributed by atoms with van der Waals surface area (Å²) < 4.78 is 10.4. The summed E-state index contributed by atoms with van der Waals surface area (Å²) in [5, 5.41) is 18.5. The van der Waals surface area contributed by atoms with Crippen molar-refractivity contribution in [3.05, 3.63) is 36.5 Å². The minimum Gasteiger partial charge on any atom is -0.478 e. The van der Waals surface area contributed by atoms with Crippen LogP contribution in [0.5, 0.6) is 0 Å². The molecule has 0 aromatic rings. The third kappa shape index (κ3) is 5.38. The van der Waals surface area contributed by atoms with Gasteiger partial charge in [0, 0.05) is 0 Å². The fraction of sp³-hybridized carbons (Fsp3) is 0.429. The van der Waals surface area contributed by atoms with Crippen molar-refractivity contribution in [2.45, 2.75) is 26.1 Å². The molecule has 0 aromatic carbocycles. The molecule has 0 saturated carbocycles. The SMILES string of the molecule is C=CCOC(C)/C(C(=O)O)=C(/C(=O)O)C(C)OCC=C. The molecule has 6 heteroatoms. The summed E-state index contributed by atoms with van der Waals surface area (Å²) in [7, 11) is 0. The van der Waals surface area contributed by atoms with Crippen LogP contribution in [-0.4, -0.2) is 47.6 Å². The van der Waals surface area contributed by atoms with Gasteiger partial charge >= 0.3 is 11.9 Å². The quantitative estimate of drug-likeness (QED) is 0.468. The zero-order valence-corrected chi connectivity index (χ0v) is 11.7. The molecule has 2 atom stereocenters. The van der Waals surface area contributed by atoms with Crippen molar-refractivity contribution in [1.82, 2.24) is 0 Å². The zero-order chi connectivity index (χ0) is 15.7. The molecule has 20 heavy (non-hydrogen) atoms. The fourth-order valence-electron chi connectivity index (χ4n) is 1.61. The van der Waals surface area contributed by atoms with Gasteiger partial charge in [-0.3, -0.25) is 0 Å². The molecule has 0 spiro atoms. The van der Waals surface area contributed by atoms with Crippen molar-refractivity contribution in [2.24, 2.45) is 0 Å². The van der Waals surface area contributed by atoms with Crippen LogP contribution in [-0.2, 0) is 19.1 Å². The van der Waals surface area contributed by atoms with Gasteiger partial charge in [-0.2, -0.15) is 0 Å². The Balaban J connectivity index is 5.54. The topological polar surface area (TPSA) is 93.1 Å². The van der Waals surface area contributed by atoms with Gasteiger partial charge in [0.05, 0.1) is 36.6 Å². The first-order chi connectivity index (χ1) is 9.36. The first-order valence-electron chi connectivity index (χ1n) is 6.02. The first-order valence-corrected chi connectivity index (χ1v) is 6.02. The van der Waals surface area contributed by atoms with Gasteiger partial charge in [0.15, 0.2) is 0 Å². The predicted molar refractivity (Wildman–Crippen MR) is 73.5 cm³/mol. The maximum atomic E-state index is 11.3. The summed E-state index contributed by atoms with van der Waals surface area (Å²) in [6.07, 6.45) is 1.11. The van der Waals surface area contributed by atoms with E-state index in [1.54, 1.807) is 0 Å². The zero-order valence-electron chi connectivity index (χ0n) is 11.7. The lowest BCUT2D eigenvalue weighted by Crippen LogP contribution is -2.29. The Kier molecular flexibility index (Phi) is 8.19. The van der Waals surface area contributed by atoms with Crippen LogP contribution in [0.3, 0.4) is 0 Å². The average molecular weight is 284 g/mol. The molecule has 0 fully saturated rings. The van der Waals surface area contributed by atoms with E-state index in [0.29, 0.717) is 0 Å². The van der Waals surface area contributed by atoms with Crippen molar-refractivity contribution in [3.63, 3.8) is 0 Å². The Morgan fingerprint density at radius 2 is 1.25 bits per heavy atom. The number of aliphatic carboxylic acids is 2. The lowest BCUT2D eigenvalue weighted by atomic mass is 9.99. The van der Waals surface area contributed by atoms with Crippen LogP contribution >= 0.6 is 0 Å². The van der Waals surface area contributed by atoms with E-state index in [1.165, 1.54) is 26.0 Å². The molecule has 112 valence electrons. The molecule has 2 unspecified atom stereocenters. The second-order valence-electron chi connectivity index (χ2n) is 3.97. The van der Waals surface area contributed by atoms with Crippen molar-refractivity contribution in [3.8, 4) is 0 Å². The summed E-state index contributed by atoms with van der Waals surface area (Å²) in [5.41, 5.74) is -0.674. The normalized spacial score (nSPS) is 14.9. The largest absolute Gasteiger partial charge is 0.478 e. The Hall–Kier alpha value is -1.92. The molecule has 0 bridgehead atoms. The van der Waals surface area contributed by atoms with Crippen LogP contribution in [0.15, 0.2) is 36.5 Å². The summed E-state index contributed by atoms with van der Waals surface area (Å²) >= 11 is 0. The van der Waals surface area contributed by atoms with Crippen LogP contribution < -0.4 is 0 Å². The summed E-state index contributed by atoms with van der Waals surface area (Å²) in [6.45, 7) is 10.1. The van der Waals surface area contributed by atoms with E-state index in [4.69, 9.17) is 9.47 Å². The molecule has 0 heterocycles. The number of rotatable bonds is 10. The molecule has 2 N–H and O–H groups in total. The van der Waals surface area contributed by atoms with E-state index >= 15 is 0 Å². The highest BCUT2D eigenvalue weighted by Crippen LogP contribution is 2.19. The van der Waals surface area contributed by atoms with E-state index in [2.05, 4.69) is 13.2 Å². The van der Waals surface area contributed by atoms with Gasteiger partial charge in [0.25, 0.3) is 0 Å². The molecule has 0 aliphatic rings. The Morgan fingerprint density at radius 1 is 0.950 bits per heavy atom. The Morgan fingerprint density at radius 3 is 1.45 bits per heavy atom. The molecule has 0 aromatic heterocycles. The molecule has 0 aliphatic carbocycles. The summed E-state index contributed by atoms with van der Waals surface area (Å²) in [4.78, 5) is 22.7. The van der Waals surface area contributed by atoms with Crippen LogP contribution in [0.2, 0.25) is 0 Å². The molecule has 0 aliphatic heterocycles. The first kappa shape index (κ1) is 18.1. The number of carboxylic acid groups (broad SMARTS) is 2. The second-order valence-corrected chi connectivity index (χ2v) is 3.97. The van der Waals surface area contributed by atoms with Gasteiger partial charge in [0.2, 0.25) is 0 Å². The highest BCUT2D eigenvalue weighted by Gasteiger charge is 2.29. The van der Waals surface area contributed by atoms with Crippen molar-refractivity contribution < 1.29 is 29.3 Å². The molecule has 0 rings (SSSR count). The number of hydrogen-bond donors (Lipinski definition) is 2. The summed E-state index contributed by atoms with van der Waals surface area (Å²) in [6, 6.07) is 0. The van der Waals surface area contributed by atoms with E-state index in [9.17, 15) is 19.8 Å². The van der Waals surface area contributed by atoms with E-state index < -0.39 is 24.1 Å². The highest BCUT2D eigenvalue weighted by molar-refractivity contribution is 6.00. The fourth-order valence-corrected chi connectivity index (χ4v) is 1.61. The molecule has 0 radical (unpaired) electrons. The van der Waals surface area contributed by atoms with E-state index in [0.717, 1.165) is 0 Å². The van der Waals surface area contributed by atoms with Gasteiger partial charge < -0.3 is 19.7 Å². The van der Waals surface area contributed by atoms with Crippen molar-refractivity contribution in [1.29, 1.82) is 0 Å². The van der Waals surface area contributed by atoms with Crippen LogP contribution in [0.4, 0.5) is 0 Å². The minimum absolute atomic E-state index is 0.118. The highest BCUT2D eigenvalue weighted by atomic mass is 16.5. The van der Waals surface area contributed by atoms with Crippen molar-refractivity contribution >= 4 is 11.9 Å². The van der Waals surface area contributed by atoms with Crippen LogP contribution in [0.1, 0.15) is 13.8 Å². The molecule has 6 nitrogen and oxygen atoms in total. The van der Waals surface area contributed by atoms with Gasteiger partial charge in [0.1, 0.15) is 0 Å². The third-order valence-electron chi connectivity index (χ3n) is 2.49. The van der Waals surface area contributed by atoms with Gasteiger partial charge in [-0.1, -0.05) is 12.2 Å². The van der Waals surface area contributed by atoms with Crippen molar-refractivity contribution in [2.75, 3.05) is 13.2 Å². The standard InChI is InChI=1S/C14H20O6/c1-5-7-19-9(3)11(13(15)16)12(14(17)18)10(4)20-8-6-2/h5-6,9-10H,1-2,7-8H2,3-4H3,(H,15,16)(H,17,18)/b12-11-. The third-order valence-corrected chi connectivity index (χ3v) is 2.49. The molecule has 0 amide bonds. The number of hydrogen-bond acceptors (Lipinski definition) is 4. The van der Waals surface area contributed by atoms with Gasteiger partial charge in [-0.05, 0) is 13.8 Å². The van der Waals surface area contributed by atoms with Gasteiger partial charge in [-0.25, -0.2) is 9.59 Å². The number of ether oxygens (including phenoxy) is 2. The molecular formula is C14H20O6. The lowest BCUT2D eigenvalue weighted by Gasteiger charge is -2.20. The Labute approximate surface area is 118 Å². The molecule has 0 saturated heterocycles. The average Bonchev–Trinajstić information content (AvgIpc) is 2.38. The second kappa shape index (κ2) is 9.06. The molecular weight excluding hydrogens is 264 g/mol. The number of carbonyl (C=O) groups is 2. The van der Waals surface area contributed by atoms with Crippen LogP contribution in [0, 0.1) is 0 Å². The Bertz CT molecular complexity index is 372. The van der Waals surface area contributed by atoms with E-state index in [-0.39, 0.29) is 24.4 Å². The smallest absolute Gasteiger partial charge is 0.334 e. The van der Waals surface area contributed by atoms with E-state index in [1.807, 2.05) is 0 Å². The predicted octanol–water partition coefficient (Wildman–Crippen LogP) is 1.63. The van der Waals surface area contributed by atoms with Crippen LogP contribution in [0.25, 0.3) is 0 Å². The monoisotopic (exact) mass is 284 g/mol. The maximum Gasteiger partial charge on any atom is 0.334 e. The summed E-state index contributed by atoms with van der Waals surface area (Å²) in [5.74, 6) is -2.71. The lowest BCUT2D eigenvalue weighted by molar-refractivity contribution is -0.138. The number of carboxylic acids is 2. The maximum absolute atomic E-state index is 11.3. The minimum atomic E-state index is -1.35. The van der Waals surface area contributed by atoms with Gasteiger partial charge in [-0.15, -0.1) is 13.2 Å².